The van der Waals surface area contributed by atoms with Crippen LogP contribution in [0.2, 0.25) is 0 Å². The van der Waals surface area contributed by atoms with Crippen LogP contribution >= 0.6 is 0 Å². The number of hydrogen-bond acceptors (Lipinski definition) is 13. The van der Waals surface area contributed by atoms with E-state index < -0.39 is 5.97 Å². The predicted octanol–water partition coefficient (Wildman–Crippen LogP) is 3.12. The molecule has 0 radical (unpaired) electrons. The summed E-state index contributed by atoms with van der Waals surface area (Å²) in [5.74, 6) is -0.966. The number of carbonyl (C=O) groups is 2. The quantitative estimate of drug-likeness (QED) is 0.104. The Balaban J connectivity index is 0.983. The summed E-state index contributed by atoms with van der Waals surface area (Å²) in [5.41, 5.74) is 4.78. The number of likely N-dealkylation sites (N-methyl/N-ethyl adjacent to an activating group) is 1. The van der Waals surface area contributed by atoms with Gasteiger partial charge in [-0.05, 0) is 22.3 Å². The van der Waals surface area contributed by atoms with Crippen LogP contribution in [0.5, 0.6) is 0 Å². The third-order valence-corrected chi connectivity index (χ3v) is 7.79. The highest BCUT2D eigenvalue weighted by Gasteiger charge is 2.29. The zero-order valence-electron chi connectivity index (χ0n) is 31.0. The smallest absolute Gasteiger partial charge is 0.409 e. The Labute approximate surface area is 312 Å². The van der Waals surface area contributed by atoms with Crippen LogP contribution < -0.4 is 0 Å². The van der Waals surface area contributed by atoms with Crippen molar-refractivity contribution in [3.05, 3.63) is 59.7 Å². The van der Waals surface area contributed by atoms with E-state index in [9.17, 15) is 9.59 Å². The molecule has 1 amide bonds. The molecular weight excluding hydrogens is 694 g/mol. The average molecular weight is 752 g/mol. The fourth-order valence-corrected chi connectivity index (χ4v) is 5.14. The normalized spacial score (nSPS) is 12.2. The van der Waals surface area contributed by atoms with Gasteiger partial charge in [-0.25, -0.2) is 9.59 Å². The summed E-state index contributed by atoms with van der Waals surface area (Å²) < 4.78 is 59.7. The number of fused-ring (bicyclic) bond motifs is 3. The van der Waals surface area contributed by atoms with Crippen LogP contribution in [-0.4, -0.2) is 174 Å². The van der Waals surface area contributed by atoms with Gasteiger partial charge in [0.25, 0.3) is 0 Å². The molecule has 2 aromatic carbocycles. The molecule has 0 unspecified atom stereocenters. The van der Waals surface area contributed by atoms with Crippen LogP contribution in [0, 0.1) is 0 Å². The van der Waals surface area contributed by atoms with Crippen LogP contribution in [-0.2, 0) is 56.9 Å². The second-order valence-corrected chi connectivity index (χ2v) is 11.7. The summed E-state index contributed by atoms with van der Waals surface area (Å²) in [7, 11) is 1.71. The Morgan fingerprint density at radius 2 is 0.830 bits per heavy atom. The molecule has 1 aliphatic rings. The number of carboxylic acid groups (broad SMARTS) is 1. The van der Waals surface area contributed by atoms with Crippen molar-refractivity contribution in [2.45, 2.75) is 5.92 Å². The minimum atomic E-state index is -1.000. The van der Waals surface area contributed by atoms with Gasteiger partial charge >= 0.3 is 12.1 Å². The number of benzene rings is 2. The first-order chi connectivity index (χ1) is 26.1. The van der Waals surface area contributed by atoms with Gasteiger partial charge in [0.15, 0.2) is 0 Å². The molecule has 0 spiro atoms. The summed E-state index contributed by atoms with van der Waals surface area (Å²) in [5, 5.41) is 8.44. The second kappa shape index (κ2) is 29.2. The highest BCUT2D eigenvalue weighted by molar-refractivity contribution is 5.79. The number of carboxylic acids is 1. The van der Waals surface area contributed by atoms with Crippen LogP contribution in [0.1, 0.15) is 17.0 Å². The van der Waals surface area contributed by atoms with Crippen molar-refractivity contribution in [1.29, 1.82) is 0 Å². The van der Waals surface area contributed by atoms with E-state index >= 15 is 0 Å². The molecule has 1 N–H and O–H groups in total. The molecule has 1 aliphatic carbocycles. The van der Waals surface area contributed by atoms with E-state index in [1.807, 2.05) is 24.3 Å². The monoisotopic (exact) mass is 751 g/mol. The molecule has 15 heteroatoms. The molecule has 0 fully saturated rings. The van der Waals surface area contributed by atoms with Crippen LogP contribution in [0.15, 0.2) is 48.5 Å². The molecular formula is C38H57NO14. The summed E-state index contributed by atoms with van der Waals surface area (Å²) in [4.78, 5) is 24.4. The van der Waals surface area contributed by atoms with E-state index in [4.69, 9.17) is 57.2 Å². The van der Waals surface area contributed by atoms with Crippen LogP contribution in [0.25, 0.3) is 11.1 Å². The van der Waals surface area contributed by atoms with Gasteiger partial charge in [-0.1, -0.05) is 48.5 Å². The Morgan fingerprint density at radius 1 is 0.509 bits per heavy atom. The van der Waals surface area contributed by atoms with Crippen molar-refractivity contribution in [3.63, 3.8) is 0 Å². The molecule has 0 bridgehead atoms. The van der Waals surface area contributed by atoms with E-state index in [0.717, 1.165) is 0 Å². The molecule has 0 atom stereocenters. The largest absolute Gasteiger partial charge is 0.480 e. The fraction of sp³-hybridized carbons (Fsp3) is 0.632. The summed E-state index contributed by atoms with van der Waals surface area (Å²) >= 11 is 0. The van der Waals surface area contributed by atoms with Crippen molar-refractivity contribution in [1.82, 2.24) is 4.90 Å². The number of amides is 1. The predicted molar refractivity (Wildman–Crippen MR) is 194 cm³/mol. The Bertz CT molecular complexity index is 1210. The van der Waals surface area contributed by atoms with Crippen molar-refractivity contribution in [2.24, 2.45) is 0 Å². The minimum Gasteiger partial charge on any atom is -0.480 e. The third-order valence-electron chi connectivity index (χ3n) is 7.79. The fourth-order valence-electron chi connectivity index (χ4n) is 5.14. The Kier molecular flexibility index (Phi) is 24.3. The standard InChI is InChI=1S/C38H57NO14/c1-39(38(42)53-30-36-34-8-4-2-6-32(34)33-7-3-5-9-35(33)36)10-11-43-12-13-44-14-15-45-16-17-46-18-19-47-20-21-48-22-23-49-24-25-50-26-27-51-28-29-52-31-37(40)41/h2-9,36H,10-31H2,1H3,(H,40,41). The molecule has 3 rings (SSSR count). The second-order valence-electron chi connectivity index (χ2n) is 11.7. The van der Waals surface area contributed by atoms with Crippen molar-refractivity contribution in [3.8, 4) is 11.1 Å². The van der Waals surface area contributed by atoms with Gasteiger partial charge < -0.3 is 62.1 Å². The number of hydrogen-bond donors (Lipinski definition) is 1. The topological polar surface area (TPSA) is 159 Å². The van der Waals surface area contributed by atoms with E-state index in [1.165, 1.54) is 27.2 Å². The molecule has 15 nitrogen and oxygen atoms in total. The third kappa shape index (κ3) is 19.6. The van der Waals surface area contributed by atoms with E-state index in [0.29, 0.717) is 132 Å². The van der Waals surface area contributed by atoms with Crippen molar-refractivity contribution in [2.75, 3.05) is 152 Å². The van der Waals surface area contributed by atoms with Gasteiger partial charge in [-0.15, -0.1) is 0 Å². The summed E-state index contributed by atoms with van der Waals surface area (Å²) in [6.07, 6.45) is -0.370. The summed E-state index contributed by atoms with van der Waals surface area (Å²) in [6, 6.07) is 16.5. The molecule has 0 saturated heterocycles. The molecule has 0 heterocycles. The first kappa shape index (κ1) is 44.2. The van der Waals surface area contributed by atoms with Gasteiger partial charge in [0.2, 0.25) is 0 Å². The van der Waals surface area contributed by atoms with Crippen molar-refractivity contribution >= 4 is 12.1 Å². The number of nitrogens with zero attached hydrogens (tertiary/aromatic N) is 1. The van der Waals surface area contributed by atoms with Gasteiger partial charge in [-0.3, -0.25) is 0 Å². The first-order valence-electron chi connectivity index (χ1n) is 18.1. The molecule has 0 aromatic heterocycles. The lowest BCUT2D eigenvalue weighted by Crippen LogP contribution is -2.32. The maximum atomic E-state index is 12.6. The lowest BCUT2D eigenvalue weighted by atomic mass is 9.98. The first-order valence-corrected chi connectivity index (χ1v) is 18.1. The maximum absolute atomic E-state index is 12.6. The zero-order chi connectivity index (χ0) is 37.6. The average Bonchev–Trinajstić information content (AvgIpc) is 3.49. The molecule has 0 aliphatic heterocycles. The molecule has 298 valence electrons. The number of carbonyl (C=O) groups excluding carboxylic acids is 1. The van der Waals surface area contributed by atoms with Gasteiger partial charge in [0.05, 0.1) is 126 Å². The minimum absolute atomic E-state index is 0.0337. The van der Waals surface area contributed by atoms with Gasteiger partial charge in [0.1, 0.15) is 13.2 Å². The Hall–Kier alpha value is -3.22. The van der Waals surface area contributed by atoms with Crippen LogP contribution in [0.4, 0.5) is 4.79 Å². The highest BCUT2D eigenvalue weighted by atomic mass is 16.6. The SMILES string of the molecule is CN(CCOCCOCCOCCOCCOCCOCCOCCOCCOCCOCC(=O)O)C(=O)OCC1c2ccccc2-c2ccccc21. The van der Waals surface area contributed by atoms with Crippen molar-refractivity contribution < 1.29 is 66.8 Å². The molecule has 2 aromatic rings. The lowest BCUT2D eigenvalue weighted by Gasteiger charge is -2.19. The number of rotatable bonds is 34. The number of aliphatic carboxylic acids is 1. The maximum Gasteiger partial charge on any atom is 0.409 e. The van der Waals surface area contributed by atoms with Gasteiger partial charge in [0, 0.05) is 19.5 Å². The van der Waals surface area contributed by atoms with E-state index in [2.05, 4.69) is 24.3 Å². The summed E-state index contributed by atoms with van der Waals surface area (Å²) in [6.45, 7) is 8.62. The highest BCUT2D eigenvalue weighted by Crippen LogP contribution is 2.44. The number of ether oxygens (including phenoxy) is 11. The lowest BCUT2D eigenvalue weighted by molar-refractivity contribution is -0.142. The molecule has 0 saturated carbocycles. The van der Waals surface area contributed by atoms with E-state index in [1.54, 1.807) is 7.05 Å². The van der Waals surface area contributed by atoms with Crippen LogP contribution in [0.3, 0.4) is 0 Å². The molecule has 53 heavy (non-hydrogen) atoms. The Morgan fingerprint density at radius 3 is 1.19 bits per heavy atom. The van der Waals surface area contributed by atoms with Gasteiger partial charge in [-0.2, -0.15) is 0 Å². The zero-order valence-corrected chi connectivity index (χ0v) is 31.0. The van der Waals surface area contributed by atoms with E-state index in [-0.39, 0.29) is 25.2 Å².